The molecule has 92 valence electrons. The lowest BCUT2D eigenvalue weighted by atomic mass is 10.1. The van der Waals surface area contributed by atoms with Gasteiger partial charge in [-0.25, -0.2) is 4.39 Å². The summed E-state index contributed by atoms with van der Waals surface area (Å²) in [5.74, 6) is -0.494. The van der Waals surface area contributed by atoms with E-state index in [-0.39, 0.29) is 5.56 Å². The molecule has 2 aromatic rings. The van der Waals surface area contributed by atoms with Crippen LogP contribution in [0.2, 0.25) is 4.34 Å². The zero-order chi connectivity index (χ0) is 13.1. The van der Waals surface area contributed by atoms with Crippen molar-refractivity contribution < 1.29 is 4.39 Å². The number of hydrogen-bond donors (Lipinski definition) is 0. The number of benzene rings is 1. The van der Waals surface area contributed by atoms with E-state index in [1.54, 1.807) is 12.1 Å². The molecule has 0 saturated heterocycles. The smallest absolute Gasteiger partial charge is 0.143 e. The van der Waals surface area contributed by atoms with Crippen LogP contribution in [0, 0.1) is 17.1 Å². The molecule has 1 heterocycles. The van der Waals surface area contributed by atoms with Crippen LogP contribution in [0.3, 0.4) is 0 Å². The lowest BCUT2D eigenvalue weighted by Crippen LogP contribution is -2.17. The Balaban J connectivity index is 2.27. The van der Waals surface area contributed by atoms with Gasteiger partial charge in [-0.05, 0) is 24.3 Å². The molecule has 0 fully saturated rings. The molecule has 0 aliphatic heterocycles. The first kappa shape index (κ1) is 12.9. The Bertz CT molecular complexity index is 603. The van der Waals surface area contributed by atoms with Crippen LogP contribution in [0.5, 0.6) is 0 Å². The van der Waals surface area contributed by atoms with Crippen LogP contribution in [0.25, 0.3) is 0 Å². The Kier molecular flexibility index (Phi) is 3.85. The molecule has 0 aliphatic rings. The second-order valence-electron chi connectivity index (χ2n) is 3.81. The predicted octanol–water partition coefficient (Wildman–Crippen LogP) is 4.05. The highest BCUT2D eigenvalue weighted by Crippen LogP contribution is 2.26. The molecular formula is C13H10ClFN2S. The summed E-state index contributed by atoms with van der Waals surface area (Å²) in [6.45, 7) is 0.593. The number of hydrogen-bond acceptors (Lipinski definition) is 3. The molecule has 5 heteroatoms. The highest BCUT2D eigenvalue weighted by atomic mass is 35.5. The Morgan fingerprint density at radius 3 is 2.78 bits per heavy atom. The molecule has 2 nitrogen and oxygen atoms in total. The third kappa shape index (κ3) is 2.63. The zero-order valence-electron chi connectivity index (χ0n) is 9.65. The first-order valence-electron chi connectivity index (χ1n) is 5.26. The average molecular weight is 281 g/mol. The van der Waals surface area contributed by atoms with Crippen molar-refractivity contribution in [2.24, 2.45) is 0 Å². The molecule has 0 atom stereocenters. The van der Waals surface area contributed by atoms with Crippen LogP contribution in [0.15, 0.2) is 30.3 Å². The zero-order valence-corrected chi connectivity index (χ0v) is 11.2. The van der Waals surface area contributed by atoms with Crippen LogP contribution < -0.4 is 4.90 Å². The molecule has 2 rings (SSSR count). The predicted molar refractivity (Wildman–Crippen MR) is 72.6 cm³/mol. The second kappa shape index (κ2) is 5.38. The van der Waals surface area contributed by atoms with E-state index in [9.17, 15) is 4.39 Å². The van der Waals surface area contributed by atoms with Gasteiger partial charge in [-0.15, -0.1) is 11.3 Å². The average Bonchev–Trinajstić information content (AvgIpc) is 2.74. The topological polar surface area (TPSA) is 27.0 Å². The number of halogens is 2. The van der Waals surface area contributed by atoms with E-state index in [0.717, 1.165) is 9.21 Å². The Morgan fingerprint density at radius 2 is 2.17 bits per heavy atom. The van der Waals surface area contributed by atoms with E-state index >= 15 is 0 Å². The molecule has 0 saturated carbocycles. The fraction of sp³-hybridized carbons (Fsp3) is 0.154. The lowest BCUT2D eigenvalue weighted by molar-refractivity contribution is 0.623. The Morgan fingerprint density at radius 1 is 1.39 bits per heavy atom. The van der Waals surface area contributed by atoms with Crippen molar-refractivity contribution in [2.75, 3.05) is 11.9 Å². The van der Waals surface area contributed by atoms with Crippen LogP contribution in [-0.2, 0) is 6.54 Å². The maximum Gasteiger partial charge on any atom is 0.143 e. The molecule has 0 N–H and O–H groups in total. The van der Waals surface area contributed by atoms with Gasteiger partial charge in [-0.2, -0.15) is 5.26 Å². The fourth-order valence-electron chi connectivity index (χ4n) is 1.70. The van der Waals surface area contributed by atoms with Gasteiger partial charge in [0.25, 0.3) is 0 Å². The minimum absolute atomic E-state index is 0.0719. The maximum atomic E-state index is 13.5. The SMILES string of the molecule is CN(Cc1ccc(Cl)s1)c1cccc(F)c1C#N. The normalized spacial score (nSPS) is 10.1. The van der Waals surface area contributed by atoms with Gasteiger partial charge in [-0.3, -0.25) is 0 Å². The van der Waals surface area contributed by atoms with Crippen molar-refractivity contribution in [2.45, 2.75) is 6.54 Å². The first-order valence-corrected chi connectivity index (χ1v) is 6.45. The van der Waals surface area contributed by atoms with Crippen molar-refractivity contribution in [1.82, 2.24) is 0 Å². The molecule has 18 heavy (non-hydrogen) atoms. The van der Waals surface area contributed by atoms with E-state index in [0.29, 0.717) is 12.2 Å². The Labute approximate surface area is 114 Å². The van der Waals surface area contributed by atoms with Gasteiger partial charge < -0.3 is 4.90 Å². The molecule has 0 amide bonds. The Hall–Kier alpha value is -1.57. The fourth-order valence-corrected chi connectivity index (χ4v) is 2.84. The highest BCUT2D eigenvalue weighted by molar-refractivity contribution is 7.16. The summed E-state index contributed by atoms with van der Waals surface area (Å²) >= 11 is 7.34. The van der Waals surface area contributed by atoms with Gasteiger partial charge in [0.05, 0.1) is 16.6 Å². The second-order valence-corrected chi connectivity index (χ2v) is 5.61. The molecule has 0 radical (unpaired) electrons. The number of anilines is 1. The lowest BCUT2D eigenvalue weighted by Gasteiger charge is -2.19. The van der Waals surface area contributed by atoms with Crippen LogP contribution in [0.4, 0.5) is 10.1 Å². The maximum absolute atomic E-state index is 13.5. The van der Waals surface area contributed by atoms with E-state index in [2.05, 4.69) is 0 Å². The van der Waals surface area contributed by atoms with Gasteiger partial charge in [0.15, 0.2) is 0 Å². The minimum Gasteiger partial charge on any atom is -0.368 e. The van der Waals surface area contributed by atoms with Crippen LogP contribution in [0.1, 0.15) is 10.4 Å². The third-order valence-electron chi connectivity index (χ3n) is 2.54. The first-order chi connectivity index (χ1) is 8.61. The summed E-state index contributed by atoms with van der Waals surface area (Å²) in [5.41, 5.74) is 0.657. The number of rotatable bonds is 3. The van der Waals surface area contributed by atoms with E-state index < -0.39 is 5.82 Å². The van der Waals surface area contributed by atoms with Gasteiger partial charge in [-0.1, -0.05) is 17.7 Å². The third-order valence-corrected chi connectivity index (χ3v) is 3.75. The van der Waals surface area contributed by atoms with E-state index in [1.165, 1.54) is 17.4 Å². The largest absolute Gasteiger partial charge is 0.368 e. The van der Waals surface area contributed by atoms with E-state index in [1.807, 2.05) is 30.1 Å². The summed E-state index contributed by atoms with van der Waals surface area (Å²) in [4.78, 5) is 2.90. The van der Waals surface area contributed by atoms with Crippen molar-refractivity contribution in [3.63, 3.8) is 0 Å². The quantitative estimate of drug-likeness (QED) is 0.848. The van der Waals surface area contributed by atoms with Crippen molar-refractivity contribution in [3.8, 4) is 6.07 Å². The molecule has 0 spiro atoms. The summed E-state index contributed by atoms with van der Waals surface area (Å²) in [5, 5.41) is 8.98. The number of nitriles is 1. The highest BCUT2D eigenvalue weighted by Gasteiger charge is 2.12. The van der Waals surface area contributed by atoms with Gasteiger partial charge >= 0.3 is 0 Å². The minimum atomic E-state index is -0.494. The summed E-state index contributed by atoms with van der Waals surface area (Å²) in [6.07, 6.45) is 0. The summed E-state index contributed by atoms with van der Waals surface area (Å²) in [6, 6.07) is 10.3. The molecule has 1 aromatic heterocycles. The summed E-state index contributed by atoms with van der Waals surface area (Å²) in [7, 11) is 1.82. The van der Waals surface area contributed by atoms with Crippen LogP contribution in [-0.4, -0.2) is 7.05 Å². The molecule has 0 unspecified atom stereocenters. The number of thiophene rings is 1. The molecule has 1 aromatic carbocycles. The van der Waals surface area contributed by atoms with Gasteiger partial charge in [0.2, 0.25) is 0 Å². The molecular weight excluding hydrogens is 271 g/mol. The van der Waals surface area contributed by atoms with E-state index in [4.69, 9.17) is 16.9 Å². The van der Waals surface area contributed by atoms with Crippen molar-refractivity contribution in [3.05, 3.63) is 50.9 Å². The van der Waals surface area contributed by atoms with Crippen molar-refractivity contribution >= 4 is 28.6 Å². The van der Waals surface area contributed by atoms with Crippen LogP contribution >= 0.6 is 22.9 Å². The summed E-state index contributed by atoms with van der Waals surface area (Å²) < 4.78 is 14.2. The van der Waals surface area contributed by atoms with Crippen molar-refractivity contribution in [1.29, 1.82) is 5.26 Å². The molecule has 0 bridgehead atoms. The standard InChI is InChI=1S/C13H10ClFN2S/c1-17(8-9-5-6-13(14)18-9)12-4-2-3-11(15)10(12)7-16/h2-6H,8H2,1H3. The molecule has 0 aliphatic carbocycles. The number of nitrogens with zero attached hydrogens (tertiary/aromatic N) is 2. The van der Waals surface area contributed by atoms with Gasteiger partial charge in [0, 0.05) is 11.9 Å². The monoisotopic (exact) mass is 280 g/mol. The van der Waals surface area contributed by atoms with Gasteiger partial charge in [0.1, 0.15) is 17.4 Å².